The van der Waals surface area contributed by atoms with Crippen LogP contribution in [0.1, 0.15) is 35.3 Å². The van der Waals surface area contributed by atoms with E-state index < -0.39 is 5.97 Å². The molecule has 0 aromatic heterocycles. The molecule has 6 heteroatoms. The molecule has 1 N–H and O–H groups in total. The molecule has 3 aromatic carbocycles. The molecule has 33 heavy (non-hydrogen) atoms. The van der Waals surface area contributed by atoms with Crippen molar-refractivity contribution in [2.75, 3.05) is 18.5 Å². The van der Waals surface area contributed by atoms with Crippen molar-refractivity contribution in [1.82, 2.24) is 0 Å². The Balaban J connectivity index is 1.59. The van der Waals surface area contributed by atoms with Gasteiger partial charge in [0.15, 0.2) is 11.5 Å². The Labute approximate surface area is 193 Å². The number of ether oxygens (including phenoxy) is 3. The van der Waals surface area contributed by atoms with Crippen molar-refractivity contribution in [2.45, 2.75) is 20.8 Å². The van der Waals surface area contributed by atoms with E-state index in [9.17, 15) is 9.59 Å². The molecule has 3 aromatic rings. The van der Waals surface area contributed by atoms with Crippen molar-refractivity contribution in [3.63, 3.8) is 0 Å². The van der Waals surface area contributed by atoms with Crippen LogP contribution in [0.2, 0.25) is 0 Å². The van der Waals surface area contributed by atoms with Crippen molar-refractivity contribution in [1.29, 1.82) is 0 Å². The molecular formula is C27H27NO5. The number of hydrogen-bond acceptors (Lipinski definition) is 5. The number of rotatable bonds is 9. The summed E-state index contributed by atoms with van der Waals surface area (Å²) in [6, 6.07) is 19.4. The molecule has 0 fully saturated rings. The van der Waals surface area contributed by atoms with Gasteiger partial charge in [-0.15, -0.1) is 0 Å². The maximum Gasteiger partial charge on any atom is 0.336 e. The predicted molar refractivity (Wildman–Crippen MR) is 129 cm³/mol. The first kappa shape index (κ1) is 23.6. The minimum atomic E-state index is -0.529. The largest absolute Gasteiger partial charge is 0.490 e. The molecule has 6 nitrogen and oxygen atoms in total. The lowest BCUT2D eigenvalue weighted by molar-refractivity contribution is -0.128. The Morgan fingerprint density at radius 2 is 1.52 bits per heavy atom. The lowest BCUT2D eigenvalue weighted by Gasteiger charge is -2.11. The van der Waals surface area contributed by atoms with Gasteiger partial charge in [-0.2, -0.15) is 0 Å². The van der Waals surface area contributed by atoms with Crippen LogP contribution in [0.25, 0.3) is 6.08 Å². The van der Waals surface area contributed by atoms with E-state index in [4.69, 9.17) is 14.2 Å². The molecule has 170 valence electrons. The molecule has 3 rings (SSSR count). The van der Waals surface area contributed by atoms with Gasteiger partial charge in [-0.05, 0) is 80.9 Å². The fraction of sp³-hybridized carbons (Fsp3) is 0.185. The standard InChI is InChI=1S/C27H27NO5/c1-4-31-24-16-8-20(18-25(24)32-5-2)9-17-26(29)33-23-14-10-21(11-15-23)27(30)28-22-12-6-19(3)7-13-22/h6-18H,4-5H2,1-3H3,(H,28,30)/b17-9+. The van der Waals surface area contributed by atoms with Crippen LogP contribution < -0.4 is 19.5 Å². The highest BCUT2D eigenvalue weighted by atomic mass is 16.5. The van der Waals surface area contributed by atoms with Gasteiger partial charge in [-0.25, -0.2) is 4.79 Å². The van der Waals surface area contributed by atoms with E-state index in [1.165, 1.54) is 6.08 Å². The van der Waals surface area contributed by atoms with Crippen molar-refractivity contribution < 1.29 is 23.8 Å². The number of carbonyl (C=O) groups excluding carboxylic acids is 2. The smallest absolute Gasteiger partial charge is 0.336 e. The zero-order valence-electron chi connectivity index (χ0n) is 19.0. The quantitative estimate of drug-likeness (QED) is 0.261. The highest BCUT2D eigenvalue weighted by molar-refractivity contribution is 6.04. The third-order valence-corrected chi connectivity index (χ3v) is 4.62. The van der Waals surface area contributed by atoms with Crippen LogP contribution in [-0.4, -0.2) is 25.1 Å². The van der Waals surface area contributed by atoms with Crippen LogP contribution in [-0.2, 0) is 4.79 Å². The highest BCUT2D eigenvalue weighted by Crippen LogP contribution is 2.29. The Kier molecular flexibility index (Phi) is 8.24. The number of esters is 1. The summed E-state index contributed by atoms with van der Waals surface area (Å²) < 4.78 is 16.5. The van der Waals surface area contributed by atoms with Crippen LogP contribution in [0.15, 0.2) is 72.8 Å². The molecule has 0 bridgehead atoms. The number of carbonyl (C=O) groups is 2. The SMILES string of the molecule is CCOc1ccc(/C=C/C(=O)Oc2ccc(C(=O)Nc3ccc(C)cc3)cc2)cc1OCC. The number of hydrogen-bond donors (Lipinski definition) is 1. The topological polar surface area (TPSA) is 73.9 Å². The first-order valence-corrected chi connectivity index (χ1v) is 10.8. The number of nitrogens with one attached hydrogen (secondary N) is 1. The maximum absolute atomic E-state index is 12.4. The fourth-order valence-electron chi connectivity index (χ4n) is 3.00. The molecule has 1 amide bonds. The number of anilines is 1. The summed E-state index contributed by atoms with van der Waals surface area (Å²) in [4.78, 5) is 24.6. The van der Waals surface area contributed by atoms with Gasteiger partial charge in [0.25, 0.3) is 5.91 Å². The molecule has 0 heterocycles. The Morgan fingerprint density at radius 3 is 2.18 bits per heavy atom. The summed E-state index contributed by atoms with van der Waals surface area (Å²) >= 11 is 0. The first-order valence-electron chi connectivity index (χ1n) is 10.8. The van der Waals surface area contributed by atoms with E-state index in [1.54, 1.807) is 42.5 Å². The number of aryl methyl sites for hydroxylation is 1. The maximum atomic E-state index is 12.4. The van der Waals surface area contributed by atoms with E-state index in [0.717, 1.165) is 11.1 Å². The molecule has 0 aliphatic carbocycles. The lowest BCUT2D eigenvalue weighted by Crippen LogP contribution is -2.12. The third-order valence-electron chi connectivity index (χ3n) is 4.62. The van der Waals surface area contributed by atoms with Gasteiger partial charge in [-0.3, -0.25) is 4.79 Å². The summed E-state index contributed by atoms with van der Waals surface area (Å²) in [5, 5.41) is 2.83. The molecule has 0 aliphatic heterocycles. The van der Waals surface area contributed by atoms with Crippen LogP contribution >= 0.6 is 0 Å². The Bertz CT molecular complexity index is 1120. The molecule has 0 saturated carbocycles. The monoisotopic (exact) mass is 445 g/mol. The molecule has 0 radical (unpaired) electrons. The summed E-state index contributed by atoms with van der Waals surface area (Å²) in [5.41, 5.74) is 3.07. The van der Waals surface area contributed by atoms with Crippen molar-refractivity contribution in [3.05, 3.63) is 89.5 Å². The summed E-state index contributed by atoms with van der Waals surface area (Å²) in [5.74, 6) is 0.856. The zero-order chi connectivity index (χ0) is 23.6. The summed E-state index contributed by atoms with van der Waals surface area (Å²) in [6.45, 7) is 6.83. The summed E-state index contributed by atoms with van der Waals surface area (Å²) in [6.07, 6.45) is 2.98. The number of benzene rings is 3. The molecule has 0 atom stereocenters. The van der Waals surface area contributed by atoms with Gasteiger partial charge >= 0.3 is 5.97 Å². The zero-order valence-corrected chi connectivity index (χ0v) is 19.0. The molecule has 0 aliphatic rings. The summed E-state index contributed by atoms with van der Waals surface area (Å²) in [7, 11) is 0. The Hall–Kier alpha value is -4.06. The van der Waals surface area contributed by atoms with Crippen molar-refractivity contribution in [2.24, 2.45) is 0 Å². The second kappa shape index (κ2) is 11.5. The van der Waals surface area contributed by atoms with Crippen LogP contribution in [0, 0.1) is 6.92 Å². The van der Waals surface area contributed by atoms with Crippen LogP contribution in [0.4, 0.5) is 5.69 Å². The van der Waals surface area contributed by atoms with E-state index in [0.29, 0.717) is 41.7 Å². The molecule has 0 saturated heterocycles. The normalized spacial score (nSPS) is 10.6. The van der Waals surface area contributed by atoms with Crippen molar-refractivity contribution >= 4 is 23.6 Å². The molecule has 0 spiro atoms. The van der Waals surface area contributed by atoms with E-state index in [1.807, 2.05) is 51.1 Å². The van der Waals surface area contributed by atoms with Gasteiger partial charge < -0.3 is 19.5 Å². The molecule has 0 unspecified atom stereocenters. The molecular weight excluding hydrogens is 418 g/mol. The van der Waals surface area contributed by atoms with Gasteiger partial charge in [0.05, 0.1) is 13.2 Å². The van der Waals surface area contributed by atoms with E-state index >= 15 is 0 Å². The highest BCUT2D eigenvalue weighted by Gasteiger charge is 2.08. The van der Waals surface area contributed by atoms with Crippen molar-refractivity contribution in [3.8, 4) is 17.2 Å². The van der Waals surface area contributed by atoms with Gasteiger partial charge in [0.1, 0.15) is 5.75 Å². The van der Waals surface area contributed by atoms with Crippen LogP contribution in [0.3, 0.4) is 0 Å². The lowest BCUT2D eigenvalue weighted by atomic mass is 10.2. The Morgan fingerprint density at radius 1 is 0.848 bits per heavy atom. The predicted octanol–water partition coefficient (Wildman–Crippen LogP) is 5.66. The first-order chi connectivity index (χ1) is 16.0. The minimum Gasteiger partial charge on any atom is -0.490 e. The average Bonchev–Trinajstić information content (AvgIpc) is 2.81. The van der Waals surface area contributed by atoms with Gasteiger partial charge in [0, 0.05) is 17.3 Å². The number of amides is 1. The fourth-order valence-corrected chi connectivity index (χ4v) is 3.00. The minimum absolute atomic E-state index is 0.239. The van der Waals surface area contributed by atoms with Gasteiger partial charge in [0.2, 0.25) is 0 Å². The third kappa shape index (κ3) is 6.97. The van der Waals surface area contributed by atoms with Gasteiger partial charge in [-0.1, -0.05) is 23.8 Å². The second-order valence-electron chi connectivity index (χ2n) is 7.17. The van der Waals surface area contributed by atoms with E-state index in [2.05, 4.69) is 5.32 Å². The average molecular weight is 446 g/mol. The second-order valence-corrected chi connectivity index (χ2v) is 7.17. The van der Waals surface area contributed by atoms with E-state index in [-0.39, 0.29) is 5.91 Å². The van der Waals surface area contributed by atoms with Crippen LogP contribution in [0.5, 0.6) is 17.2 Å².